The highest BCUT2D eigenvalue weighted by molar-refractivity contribution is 7.10. The van der Waals surface area contributed by atoms with Crippen LogP contribution in [-0.4, -0.2) is 29.9 Å². The number of hydrazine groups is 1. The maximum Gasteiger partial charge on any atom is 0.162 e. The number of allylic oxidation sites excluding steroid dienone is 3. The van der Waals surface area contributed by atoms with Gasteiger partial charge in [-0.3, -0.25) is 9.80 Å². The lowest BCUT2D eigenvalue weighted by Crippen LogP contribution is -2.47. The summed E-state index contributed by atoms with van der Waals surface area (Å²) < 4.78 is 0. The third kappa shape index (κ3) is 2.78. The Morgan fingerprint density at radius 3 is 2.60 bits per heavy atom. The number of thiophene rings is 1. The van der Waals surface area contributed by atoms with E-state index in [0.717, 1.165) is 28.1 Å². The lowest BCUT2D eigenvalue weighted by Gasteiger charge is -2.45. The largest absolute Gasteiger partial charge is 0.383 e. The van der Waals surface area contributed by atoms with E-state index in [1.165, 1.54) is 0 Å². The number of hydrogen-bond donors (Lipinski definition) is 1. The first-order valence-electron chi connectivity index (χ1n) is 8.35. The van der Waals surface area contributed by atoms with Crippen LogP contribution >= 0.6 is 11.3 Å². The van der Waals surface area contributed by atoms with Crippen LogP contribution in [0.5, 0.6) is 0 Å². The number of rotatable bonds is 2. The van der Waals surface area contributed by atoms with Crippen LogP contribution in [-0.2, 0) is 4.79 Å². The van der Waals surface area contributed by atoms with Gasteiger partial charge in [-0.15, -0.1) is 11.3 Å². The molecule has 132 valence electrons. The van der Waals surface area contributed by atoms with Gasteiger partial charge in [0, 0.05) is 36.7 Å². The number of nitrogens with zero attached hydrogens (tertiary/aromatic N) is 3. The molecule has 1 aromatic heterocycles. The molecule has 25 heavy (non-hydrogen) atoms. The predicted molar refractivity (Wildman–Crippen MR) is 99.2 cm³/mol. The smallest absolute Gasteiger partial charge is 0.162 e. The van der Waals surface area contributed by atoms with Crippen LogP contribution in [0.15, 0.2) is 34.1 Å². The molecule has 6 heteroatoms. The molecule has 0 fully saturated rings. The van der Waals surface area contributed by atoms with E-state index < -0.39 is 0 Å². The van der Waals surface area contributed by atoms with Gasteiger partial charge in [-0.1, -0.05) is 13.8 Å². The third-order valence-electron chi connectivity index (χ3n) is 4.92. The number of ketones is 1. The van der Waals surface area contributed by atoms with Crippen molar-refractivity contribution in [2.75, 3.05) is 14.1 Å². The fourth-order valence-corrected chi connectivity index (χ4v) is 4.94. The molecule has 2 heterocycles. The van der Waals surface area contributed by atoms with Gasteiger partial charge in [0.2, 0.25) is 0 Å². The van der Waals surface area contributed by atoms with Crippen LogP contribution in [0.25, 0.3) is 0 Å². The molecule has 0 amide bonds. The lowest BCUT2D eigenvalue weighted by atomic mass is 9.70. The van der Waals surface area contributed by atoms with Crippen molar-refractivity contribution in [3.05, 3.63) is 44.6 Å². The summed E-state index contributed by atoms with van der Waals surface area (Å²) in [6.07, 6.45) is 1.25. The van der Waals surface area contributed by atoms with Crippen molar-refractivity contribution in [2.45, 2.75) is 39.5 Å². The second kappa shape index (κ2) is 6.01. The van der Waals surface area contributed by atoms with Crippen LogP contribution in [0.1, 0.15) is 43.0 Å². The van der Waals surface area contributed by atoms with E-state index in [-0.39, 0.29) is 17.1 Å². The number of nitriles is 1. The Morgan fingerprint density at radius 2 is 2.08 bits per heavy atom. The Kier molecular flexibility index (Phi) is 4.26. The number of Topliss-reactive ketones (excluding diaryl/α,β-unsaturated/α-hetero) is 1. The second-order valence-corrected chi connectivity index (χ2v) is 8.72. The van der Waals surface area contributed by atoms with E-state index in [0.29, 0.717) is 17.8 Å². The number of carbonyl (C=O) groups excluding carboxylic acids is 1. The predicted octanol–water partition coefficient (Wildman–Crippen LogP) is 3.27. The van der Waals surface area contributed by atoms with Crippen molar-refractivity contribution in [1.29, 1.82) is 5.26 Å². The van der Waals surface area contributed by atoms with Crippen LogP contribution in [0.2, 0.25) is 0 Å². The Morgan fingerprint density at radius 1 is 1.40 bits per heavy atom. The summed E-state index contributed by atoms with van der Waals surface area (Å²) >= 11 is 1.59. The fraction of sp³-hybridized carbons (Fsp3) is 0.474. The van der Waals surface area contributed by atoms with E-state index >= 15 is 0 Å². The standard InChI is InChI=1S/C19H24N4OS/c1-11-6-7-25-17(11)15-12(10-20)18(21)23(22(4)5)13-8-19(2,3)9-14(24)16(13)15/h6-7,15H,8-9,21H2,1-5H3/t15-/m0/s1. The maximum atomic E-state index is 13.1. The molecule has 1 aliphatic carbocycles. The molecule has 5 nitrogen and oxygen atoms in total. The summed E-state index contributed by atoms with van der Waals surface area (Å²) in [6.45, 7) is 6.23. The van der Waals surface area contributed by atoms with Gasteiger partial charge in [0.15, 0.2) is 5.78 Å². The Labute approximate surface area is 153 Å². The SMILES string of the molecule is Cc1ccsc1[C@H]1C(C#N)=C(N)N(N(C)C)C2=C1C(=O)CC(C)(C)C2. The van der Waals surface area contributed by atoms with Crippen molar-refractivity contribution in [3.8, 4) is 6.07 Å². The molecule has 0 unspecified atom stereocenters. The van der Waals surface area contributed by atoms with Gasteiger partial charge in [0.05, 0.1) is 17.6 Å². The Hall–Kier alpha value is -2.10. The third-order valence-corrected chi connectivity index (χ3v) is 6.00. The zero-order chi connectivity index (χ0) is 18.5. The molecule has 0 radical (unpaired) electrons. The van der Waals surface area contributed by atoms with Crippen LogP contribution in [0, 0.1) is 23.7 Å². The average molecular weight is 356 g/mol. The van der Waals surface area contributed by atoms with Crippen molar-refractivity contribution >= 4 is 17.1 Å². The minimum absolute atomic E-state index is 0.121. The van der Waals surface area contributed by atoms with Crippen molar-refractivity contribution in [1.82, 2.24) is 10.0 Å². The highest BCUT2D eigenvalue weighted by atomic mass is 32.1. The minimum Gasteiger partial charge on any atom is -0.383 e. The summed E-state index contributed by atoms with van der Waals surface area (Å²) in [7, 11) is 3.77. The molecule has 2 N–H and O–H groups in total. The maximum absolute atomic E-state index is 13.1. The first kappa shape index (κ1) is 17.7. The molecule has 0 spiro atoms. The van der Waals surface area contributed by atoms with E-state index in [2.05, 4.69) is 19.9 Å². The molecular weight excluding hydrogens is 332 g/mol. The molecule has 0 saturated heterocycles. The minimum atomic E-state index is -0.347. The molecule has 0 bridgehead atoms. The Bertz CT molecular complexity index is 838. The summed E-state index contributed by atoms with van der Waals surface area (Å²) in [5.74, 6) is 0.200. The summed E-state index contributed by atoms with van der Waals surface area (Å²) in [4.78, 5) is 14.2. The van der Waals surface area contributed by atoms with Gasteiger partial charge in [0.1, 0.15) is 5.82 Å². The van der Waals surface area contributed by atoms with Crippen LogP contribution < -0.4 is 5.73 Å². The molecule has 1 aliphatic heterocycles. The lowest BCUT2D eigenvalue weighted by molar-refractivity contribution is -0.119. The molecule has 3 rings (SSSR count). The fourth-order valence-electron chi connectivity index (χ4n) is 3.89. The first-order valence-corrected chi connectivity index (χ1v) is 9.23. The van der Waals surface area contributed by atoms with Gasteiger partial charge >= 0.3 is 0 Å². The number of carbonyl (C=O) groups is 1. The quantitative estimate of drug-likeness (QED) is 0.880. The normalized spacial score (nSPS) is 23.2. The monoisotopic (exact) mass is 356 g/mol. The van der Waals surface area contributed by atoms with Crippen molar-refractivity contribution in [2.24, 2.45) is 11.1 Å². The molecule has 1 atom stereocenters. The van der Waals surface area contributed by atoms with Crippen LogP contribution in [0.4, 0.5) is 0 Å². The van der Waals surface area contributed by atoms with Crippen LogP contribution in [0.3, 0.4) is 0 Å². The zero-order valence-corrected chi connectivity index (χ0v) is 16.2. The second-order valence-electron chi connectivity index (χ2n) is 7.77. The highest BCUT2D eigenvalue weighted by Crippen LogP contribution is 2.50. The molecule has 0 saturated carbocycles. The van der Waals surface area contributed by atoms with Gasteiger partial charge in [-0.05, 0) is 35.8 Å². The van der Waals surface area contributed by atoms with E-state index in [1.807, 2.05) is 42.5 Å². The average Bonchev–Trinajstić information content (AvgIpc) is 2.90. The number of nitrogens with two attached hydrogens (primary N) is 1. The van der Waals surface area contributed by atoms with Gasteiger partial charge in [-0.2, -0.15) is 5.26 Å². The molecular formula is C19H24N4OS. The summed E-state index contributed by atoms with van der Waals surface area (Å²) in [5.41, 5.74) is 9.53. The van der Waals surface area contributed by atoms with Gasteiger partial charge in [0.25, 0.3) is 0 Å². The highest BCUT2D eigenvalue weighted by Gasteiger charge is 2.45. The van der Waals surface area contributed by atoms with E-state index in [1.54, 1.807) is 11.3 Å². The van der Waals surface area contributed by atoms with E-state index in [9.17, 15) is 10.1 Å². The Balaban J connectivity index is 2.30. The number of hydrogen-bond acceptors (Lipinski definition) is 6. The van der Waals surface area contributed by atoms with Gasteiger partial charge < -0.3 is 5.73 Å². The molecule has 2 aliphatic rings. The zero-order valence-electron chi connectivity index (χ0n) is 15.4. The van der Waals surface area contributed by atoms with Crippen molar-refractivity contribution < 1.29 is 4.79 Å². The molecule has 0 aromatic carbocycles. The number of aryl methyl sites for hydroxylation is 1. The molecule has 1 aromatic rings. The topological polar surface area (TPSA) is 73.4 Å². The van der Waals surface area contributed by atoms with Crippen molar-refractivity contribution in [3.63, 3.8) is 0 Å². The summed E-state index contributed by atoms with van der Waals surface area (Å²) in [6, 6.07) is 4.31. The van der Waals surface area contributed by atoms with E-state index in [4.69, 9.17) is 5.73 Å². The summed E-state index contributed by atoms with van der Waals surface area (Å²) in [5, 5.41) is 15.5. The van der Waals surface area contributed by atoms with Gasteiger partial charge in [-0.25, -0.2) is 5.01 Å². The first-order chi connectivity index (χ1) is 11.7.